The Morgan fingerprint density at radius 1 is 1.23 bits per heavy atom. The third-order valence-corrected chi connectivity index (χ3v) is 6.79. The van der Waals surface area contributed by atoms with Gasteiger partial charge < -0.3 is 24.1 Å². The number of halogens is 4. The summed E-state index contributed by atoms with van der Waals surface area (Å²) in [6.45, 7) is 1.27. The van der Waals surface area contributed by atoms with Crippen molar-refractivity contribution < 1.29 is 46.9 Å². The molecule has 0 spiro atoms. The maximum absolute atomic E-state index is 13.4. The highest BCUT2D eigenvalue weighted by Gasteiger charge is 2.32. The normalized spacial score (nSPS) is 12.9. The number of Topliss-reactive ketones (excluding diaryl/α,β-unsaturated/α-hetero) is 1. The summed E-state index contributed by atoms with van der Waals surface area (Å²) in [6.07, 6.45) is 2.33. The van der Waals surface area contributed by atoms with Crippen molar-refractivity contribution in [2.24, 2.45) is 5.92 Å². The molecule has 0 aliphatic rings. The Morgan fingerprint density at radius 3 is 2.51 bits per heavy atom. The van der Waals surface area contributed by atoms with Crippen molar-refractivity contribution in [1.82, 2.24) is 4.98 Å². The number of hydrogen-bond acceptors (Lipinski definition) is 10. The Kier molecular flexibility index (Phi) is 9.89. The zero-order chi connectivity index (χ0) is 28.9. The maximum Gasteiger partial charge on any atom is 0.350 e. The van der Waals surface area contributed by atoms with Crippen molar-refractivity contribution in [2.75, 3.05) is 7.11 Å². The van der Waals surface area contributed by atoms with Crippen LogP contribution in [0.5, 0.6) is 16.7 Å². The zero-order valence-corrected chi connectivity index (χ0v) is 21.9. The summed E-state index contributed by atoms with van der Waals surface area (Å²) in [7, 11) is 1.24. The Hall–Kier alpha value is -3.68. The number of aliphatic hydroxyl groups is 1. The Bertz CT molecular complexity index is 1450. The molecule has 3 aromatic rings. The molecule has 0 bridgehead atoms. The number of hydrogen-bond donors (Lipinski definition) is 2. The van der Waals surface area contributed by atoms with E-state index in [1.54, 1.807) is 6.08 Å². The van der Waals surface area contributed by atoms with Crippen LogP contribution in [0.2, 0.25) is 5.15 Å². The molecule has 208 valence electrons. The van der Waals surface area contributed by atoms with E-state index in [0.717, 1.165) is 6.07 Å². The van der Waals surface area contributed by atoms with E-state index in [1.165, 1.54) is 20.1 Å². The number of benzene rings is 1. The molecule has 0 radical (unpaired) electrons. The van der Waals surface area contributed by atoms with E-state index in [-0.39, 0.29) is 27.4 Å². The molecule has 39 heavy (non-hydrogen) atoms. The first-order chi connectivity index (χ1) is 18.4. The number of ketones is 1. The predicted octanol–water partition coefficient (Wildman–Crippen LogP) is 5.27. The van der Waals surface area contributed by atoms with Crippen molar-refractivity contribution in [2.45, 2.75) is 32.3 Å². The molecule has 0 fully saturated rings. The van der Waals surface area contributed by atoms with Crippen molar-refractivity contribution in [3.8, 4) is 16.7 Å². The van der Waals surface area contributed by atoms with Gasteiger partial charge in [0.25, 0.3) is 5.19 Å². The molecule has 2 atom stereocenters. The number of methoxy groups -OCH3 is 1. The Morgan fingerprint density at radius 2 is 1.90 bits per heavy atom. The topological polar surface area (TPSA) is 136 Å². The summed E-state index contributed by atoms with van der Waals surface area (Å²) in [6, 6.07) is 2.28. The Balaban J connectivity index is 1.72. The summed E-state index contributed by atoms with van der Waals surface area (Å²) < 4.78 is 54.9. The molecule has 2 N–H and O–H groups in total. The minimum absolute atomic E-state index is 0.0731. The molecule has 1 aromatic carbocycles. The average Bonchev–Trinajstić information content (AvgIpc) is 3.24. The van der Waals surface area contributed by atoms with Gasteiger partial charge in [0.1, 0.15) is 34.1 Å². The van der Waals surface area contributed by atoms with Crippen LogP contribution in [0.1, 0.15) is 46.9 Å². The van der Waals surface area contributed by atoms with E-state index in [0.29, 0.717) is 36.3 Å². The van der Waals surface area contributed by atoms with Crippen LogP contribution >= 0.6 is 22.9 Å². The number of carbonyl (C=O) groups excluding carboxylic acids is 2. The summed E-state index contributed by atoms with van der Waals surface area (Å²) in [4.78, 5) is 40.3. The molecule has 9 nitrogen and oxygen atoms in total. The number of aromatic hydroxyl groups is 1. The average molecular weight is 588 g/mol. The van der Waals surface area contributed by atoms with Gasteiger partial charge in [0.2, 0.25) is 0 Å². The number of aromatic nitrogens is 1. The highest BCUT2D eigenvalue weighted by atomic mass is 35.5. The number of carbonyl (C=O) groups is 2. The molecule has 0 aliphatic heterocycles. The number of aliphatic hydroxyl groups excluding tert-OH is 1. The lowest BCUT2D eigenvalue weighted by atomic mass is 9.94. The molecule has 2 heterocycles. The molecule has 3 rings (SSSR count). The van der Waals surface area contributed by atoms with Crippen LogP contribution in [0, 0.1) is 23.4 Å². The number of allylic oxidation sites excluding steroid dienone is 1. The van der Waals surface area contributed by atoms with Crippen LogP contribution in [0.15, 0.2) is 39.6 Å². The van der Waals surface area contributed by atoms with E-state index < -0.39 is 63.9 Å². The lowest BCUT2D eigenvalue weighted by Crippen LogP contribution is -2.25. The molecule has 2 aromatic heterocycles. The molecule has 2 unspecified atom stereocenters. The largest absolute Gasteiger partial charge is 0.507 e. The number of nitrogens with zero attached hydrogens (tertiary/aromatic N) is 1. The molecule has 14 heteroatoms. The van der Waals surface area contributed by atoms with Crippen LogP contribution < -0.4 is 10.4 Å². The van der Waals surface area contributed by atoms with Gasteiger partial charge in [-0.2, -0.15) is 4.98 Å². The second-order valence-electron chi connectivity index (χ2n) is 8.11. The fraction of sp³-hybridized carbons (Fsp3) is 0.280. The second kappa shape index (κ2) is 12.9. The minimum atomic E-state index is -1.68. The van der Waals surface area contributed by atoms with E-state index in [2.05, 4.69) is 9.72 Å². The fourth-order valence-electron chi connectivity index (χ4n) is 3.33. The van der Waals surface area contributed by atoms with Gasteiger partial charge in [0, 0.05) is 30.7 Å². The Labute approximate surface area is 228 Å². The van der Waals surface area contributed by atoms with Crippen LogP contribution in [0.4, 0.5) is 13.2 Å². The molecule has 0 saturated carbocycles. The second-order valence-corrected chi connectivity index (χ2v) is 9.46. The van der Waals surface area contributed by atoms with Gasteiger partial charge in [-0.15, -0.1) is 0 Å². The van der Waals surface area contributed by atoms with Crippen molar-refractivity contribution in [3.63, 3.8) is 0 Å². The minimum Gasteiger partial charge on any atom is -0.507 e. The van der Waals surface area contributed by atoms with E-state index in [4.69, 9.17) is 20.8 Å². The first kappa shape index (κ1) is 29.9. The summed E-state index contributed by atoms with van der Waals surface area (Å²) >= 11 is 6.69. The summed E-state index contributed by atoms with van der Waals surface area (Å²) in [5, 5.41) is 20.5. The molecule has 0 saturated heterocycles. The van der Waals surface area contributed by atoms with Gasteiger partial charge in [0.05, 0.1) is 17.9 Å². The number of aryl methyl sites for hydroxylation is 1. The highest BCUT2D eigenvalue weighted by molar-refractivity contribution is 7.14. The molecular formula is C25H21ClF3NO8S. The van der Waals surface area contributed by atoms with Crippen molar-refractivity contribution in [3.05, 3.63) is 79.6 Å². The predicted molar refractivity (Wildman–Crippen MR) is 133 cm³/mol. The zero-order valence-electron chi connectivity index (χ0n) is 20.4. The first-order valence-electron chi connectivity index (χ1n) is 11.2. The van der Waals surface area contributed by atoms with Gasteiger partial charge in [0.15, 0.2) is 23.2 Å². The molecule has 0 amide bonds. The van der Waals surface area contributed by atoms with E-state index in [1.807, 2.05) is 0 Å². The highest BCUT2D eigenvalue weighted by Crippen LogP contribution is 2.39. The standard InChI is InChI=1S/C25H21ClF3NO8S/c1-11(20(33)18-16(31)10-12(37-24(18)35)6-4-3-5-7-17(32)36-2)21(34)22-23(26)30-25(39-22)38-13-8-14(27)19(29)15(28)9-13/h5,7-11,21,31,34H,3-4,6H2,1-2H3/b7-5+. The third-order valence-electron chi connectivity index (χ3n) is 5.39. The van der Waals surface area contributed by atoms with Crippen molar-refractivity contribution in [1.29, 1.82) is 0 Å². The van der Waals surface area contributed by atoms with Crippen LogP contribution in [0.3, 0.4) is 0 Å². The lowest BCUT2D eigenvalue weighted by molar-refractivity contribution is -0.134. The van der Waals surface area contributed by atoms with Crippen LogP contribution in [0.25, 0.3) is 0 Å². The number of unbranched alkanes of at least 4 members (excludes halogenated alkanes) is 1. The van der Waals surface area contributed by atoms with Gasteiger partial charge in [-0.05, 0) is 12.8 Å². The van der Waals surface area contributed by atoms with Gasteiger partial charge >= 0.3 is 11.6 Å². The fourth-order valence-corrected chi connectivity index (χ4v) is 4.60. The summed E-state index contributed by atoms with van der Waals surface area (Å²) in [5.41, 5.74) is -1.79. The van der Waals surface area contributed by atoms with Gasteiger partial charge in [-0.25, -0.2) is 22.8 Å². The van der Waals surface area contributed by atoms with Gasteiger partial charge in [-0.1, -0.05) is 35.9 Å². The maximum atomic E-state index is 13.4. The third kappa shape index (κ3) is 7.25. The number of rotatable bonds is 11. The van der Waals surface area contributed by atoms with E-state index in [9.17, 15) is 37.8 Å². The number of thiazole rings is 1. The van der Waals surface area contributed by atoms with Crippen molar-refractivity contribution >= 4 is 34.7 Å². The van der Waals surface area contributed by atoms with Gasteiger partial charge in [-0.3, -0.25) is 4.79 Å². The molecule has 0 aliphatic carbocycles. The summed E-state index contributed by atoms with van der Waals surface area (Å²) in [5.74, 6) is -8.42. The number of esters is 1. The smallest absolute Gasteiger partial charge is 0.350 e. The van der Waals surface area contributed by atoms with Crippen LogP contribution in [-0.4, -0.2) is 34.1 Å². The first-order valence-corrected chi connectivity index (χ1v) is 12.4. The lowest BCUT2D eigenvalue weighted by Gasteiger charge is -2.16. The quantitative estimate of drug-likeness (QED) is 0.101. The SMILES string of the molecule is COC(=O)/C=C/CCCc1cc(O)c(C(=O)C(C)C(O)c2sc(Oc3cc(F)c(F)c(F)c3)nc2Cl)c(=O)o1. The van der Waals surface area contributed by atoms with E-state index >= 15 is 0 Å². The molecular weight excluding hydrogens is 567 g/mol. The monoisotopic (exact) mass is 587 g/mol. The van der Waals surface area contributed by atoms with Crippen LogP contribution in [-0.2, 0) is 16.0 Å². The number of ether oxygens (including phenoxy) is 2.